The molecule has 0 aliphatic carbocycles. The average Bonchev–Trinajstić information content (AvgIpc) is 2.57. The summed E-state index contributed by atoms with van der Waals surface area (Å²) in [5.74, 6) is -0.547. The summed E-state index contributed by atoms with van der Waals surface area (Å²) in [5, 5.41) is 21.5. The van der Waals surface area contributed by atoms with Crippen LogP contribution in [0.4, 0.5) is 0 Å². The molecule has 96 valence electrons. The third-order valence-corrected chi connectivity index (χ3v) is 2.93. The van der Waals surface area contributed by atoms with Crippen molar-refractivity contribution in [2.75, 3.05) is 0 Å². The van der Waals surface area contributed by atoms with Crippen LogP contribution in [-0.4, -0.2) is 27.8 Å². The lowest BCUT2D eigenvalue weighted by Crippen LogP contribution is -2.47. The van der Waals surface area contributed by atoms with Crippen LogP contribution in [0.5, 0.6) is 0 Å². The summed E-state index contributed by atoms with van der Waals surface area (Å²) in [5.41, 5.74) is 0.147. The molecule has 1 heterocycles. The Kier molecular flexibility index (Phi) is 3.95. The normalized spacial score (nSPS) is 13.7. The van der Waals surface area contributed by atoms with E-state index in [0.29, 0.717) is 17.9 Å². The molecule has 0 radical (unpaired) electrons. The molecule has 3 N–H and O–H groups in total. The maximum absolute atomic E-state index is 10.8. The zero-order chi connectivity index (χ0) is 13.2. The van der Waals surface area contributed by atoms with Crippen molar-refractivity contribution >= 4 is 5.97 Å². The molecule has 0 bridgehead atoms. The molecule has 0 aromatic carbocycles. The lowest BCUT2D eigenvalue weighted by atomic mass is 9.99. The smallest absolute Gasteiger partial charge is 0.372 e. The van der Waals surface area contributed by atoms with E-state index in [4.69, 9.17) is 9.52 Å². The highest BCUT2D eigenvalue weighted by molar-refractivity contribution is 5.86. The Bertz CT molecular complexity index is 407. The van der Waals surface area contributed by atoms with Crippen LogP contribution < -0.4 is 5.32 Å². The molecule has 1 atom stereocenters. The lowest BCUT2D eigenvalue weighted by Gasteiger charge is -2.29. The standard InChI is InChI=1S/C12H19NO4/c1-7-5-9(17-10(7)11(15)16)6-13-12(3,4)8(2)14/h5,8,13-14H,6H2,1-4H3,(H,15,16). The molecule has 0 aliphatic rings. The highest BCUT2D eigenvalue weighted by Gasteiger charge is 2.24. The second-order valence-corrected chi connectivity index (χ2v) is 4.78. The molecule has 5 heteroatoms. The molecule has 0 fully saturated rings. The second-order valence-electron chi connectivity index (χ2n) is 4.78. The minimum atomic E-state index is -1.07. The summed E-state index contributed by atoms with van der Waals surface area (Å²) in [6.45, 7) is 7.50. The number of hydrogen-bond donors (Lipinski definition) is 3. The van der Waals surface area contributed by atoms with Gasteiger partial charge in [-0.05, 0) is 33.8 Å². The predicted octanol–water partition coefficient (Wildman–Crippen LogP) is 1.54. The highest BCUT2D eigenvalue weighted by Crippen LogP contribution is 2.16. The molecule has 0 saturated heterocycles. The number of aromatic carboxylic acids is 1. The summed E-state index contributed by atoms with van der Waals surface area (Å²) >= 11 is 0. The van der Waals surface area contributed by atoms with Crippen LogP contribution in [0.1, 0.15) is 42.6 Å². The molecule has 1 unspecified atom stereocenters. The number of furan rings is 1. The fraction of sp³-hybridized carbons (Fsp3) is 0.583. The van der Waals surface area contributed by atoms with Crippen molar-refractivity contribution in [1.82, 2.24) is 5.32 Å². The molecule has 1 aromatic heterocycles. The number of aliphatic hydroxyl groups is 1. The van der Waals surface area contributed by atoms with Crippen LogP contribution in [0.3, 0.4) is 0 Å². The van der Waals surface area contributed by atoms with Crippen molar-refractivity contribution in [2.45, 2.75) is 45.9 Å². The number of carboxylic acid groups (broad SMARTS) is 1. The Hall–Kier alpha value is -1.33. The van der Waals surface area contributed by atoms with Gasteiger partial charge in [0.25, 0.3) is 0 Å². The van der Waals surface area contributed by atoms with Gasteiger partial charge in [0.05, 0.1) is 12.6 Å². The SMILES string of the molecule is Cc1cc(CNC(C)(C)C(C)O)oc1C(=O)O. The Labute approximate surface area is 100 Å². The van der Waals surface area contributed by atoms with Gasteiger partial charge in [-0.15, -0.1) is 0 Å². The van der Waals surface area contributed by atoms with Gasteiger partial charge in [-0.3, -0.25) is 0 Å². The number of aliphatic hydroxyl groups excluding tert-OH is 1. The monoisotopic (exact) mass is 241 g/mol. The van der Waals surface area contributed by atoms with Crippen molar-refractivity contribution < 1.29 is 19.4 Å². The number of carbonyl (C=O) groups is 1. The summed E-state index contributed by atoms with van der Waals surface area (Å²) in [6, 6.07) is 1.69. The summed E-state index contributed by atoms with van der Waals surface area (Å²) in [7, 11) is 0. The zero-order valence-electron chi connectivity index (χ0n) is 10.6. The Balaban J connectivity index is 2.71. The number of aryl methyl sites for hydroxylation is 1. The van der Waals surface area contributed by atoms with Gasteiger partial charge < -0.3 is 19.9 Å². The fourth-order valence-corrected chi connectivity index (χ4v) is 1.31. The van der Waals surface area contributed by atoms with Crippen LogP contribution in [-0.2, 0) is 6.54 Å². The number of rotatable bonds is 5. The summed E-state index contributed by atoms with van der Waals surface area (Å²) in [4.78, 5) is 10.8. The Morgan fingerprint density at radius 2 is 2.18 bits per heavy atom. The molecule has 0 spiro atoms. The molecule has 17 heavy (non-hydrogen) atoms. The van der Waals surface area contributed by atoms with Gasteiger partial charge in [0, 0.05) is 11.1 Å². The maximum Gasteiger partial charge on any atom is 0.372 e. The zero-order valence-corrected chi connectivity index (χ0v) is 10.6. The third-order valence-electron chi connectivity index (χ3n) is 2.93. The van der Waals surface area contributed by atoms with Crippen LogP contribution in [0.15, 0.2) is 10.5 Å². The van der Waals surface area contributed by atoms with Crippen molar-refractivity contribution in [2.24, 2.45) is 0 Å². The molecule has 1 rings (SSSR count). The third kappa shape index (κ3) is 3.31. The second kappa shape index (κ2) is 4.89. The van der Waals surface area contributed by atoms with Gasteiger partial charge in [-0.1, -0.05) is 0 Å². The molecular formula is C12H19NO4. The van der Waals surface area contributed by atoms with E-state index in [-0.39, 0.29) is 5.76 Å². The van der Waals surface area contributed by atoms with E-state index in [1.807, 2.05) is 13.8 Å². The van der Waals surface area contributed by atoms with Crippen LogP contribution in [0, 0.1) is 6.92 Å². The summed E-state index contributed by atoms with van der Waals surface area (Å²) in [6.07, 6.45) is -0.516. The van der Waals surface area contributed by atoms with Gasteiger partial charge in [0.1, 0.15) is 5.76 Å². The van der Waals surface area contributed by atoms with Crippen molar-refractivity contribution in [3.05, 3.63) is 23.2 Å². The minimum Gasteiger partial charge on any atom is -0.475 e. The maximum atomic E-state index is 10.8. The van der Waals surface area contributed by atoms with Crippen LogP contribution in [0.2, 0.25) is 0 Å². The Morgan fingerprint density at radius 1 is 1.59 bits per heavy atom. The molecular weight excluding hydrogens is 222 g/mol. The molecule has 1 aromatic rings. The molecule has 5 nitrogen and oxygen atoms in total. The van der Waals surface area contributed by atoms with E-state index in [2.05, 4.69) is 5.32 Å². The van der Waals surface area contributed by atoms with Crippen molar-refractivity contribution in [3.63, 3.8) is 0 Å². The molecule has 0 amide bonds. The van der Waals surface area contributed by atoms with Gasteiger partial charge in [0.15, 0.2) is 0 Å². The first-order valence-electron chi connectivity index (χ1n) is 5.49. The first-order valence-corrected chi connectivity index (χ1v) is 5.49. The number of nitrogens with one attached hydrogen (secondary N) is 1. The number of hydrogen-bond acceptors (Lipinski definition) is 4. The first-order chi connectivity index (χ1) is 7.74. The van der Waals surface area contributed by atoms with E-state index in [1.54, 1.807) is 19.9 Å². The molecule has 0 aliphatic heterocycles. The van der Waals surface area contributed by atoms with E-state index >= 15 is 0 Å². The highest BCUT2D eigenvalue weighted by atomic mass is 16.4. The van der Waals surface area contributed by atoms with Gasteiger partial charge in [-0.25, -0.2) is 4.79 Å². The van der Waals surface area contributed by atoms with E-state index < -0.39 is 17.6 Å². The average molecular weight is 241 g/mol. The predicted molar refractivity (Wildman–Crippen MR) is 63.0 cm³/mol. The minimum absolute atomic E-state index is 0.0309. The molecule has 0 saturated carbocycles. The van der Waals surface area contributed by atoms with Crippen LogP contribution >= 0.6 is 0 Å². The van der Waals surface area contributed by atoms with Gasteiger partial charge >= 0.3 is 5.97 Å². The van der Waals surface area contributed by atoms with Gasteiger partial charge in [0.2, 0.25) is 5.76 Å². The van der Waals surface area contributed by atoms with Crippen molar-refractivity contribution in [3.8, 4) is 0 Å². The summed E-state index contributed by atoms with van der Waals surface area (Å²) < 4.78 is 5.21. The van der Waals surface area contributed by atoms with Crippen LogP contribution in [0.25, 0.3) is 0 Å². The Morgan fingerprint density at radius 3 is 2.59 bits per heavy atom. The quantitative estimate of drug-likeness (QED) is 0.728. The number of carboxylic acids is 1. The lowest BCUT2D eigenvalue weighted by molar-refractivity contribution is 0.0656. The van der Waals surface area contributed by atoms with E-state index in [0.717, 1.165) is 0 Å². The largest absolute Gasteiger partial charge is 0.475 e. The van der Waals surface area contributed by atoms with E-state index in [1.165, 1.54) is 0 Å². The van der Waals surface area contributed by atoms with E-state index in [9.17, 15) is 9.90 Å². The topological polar surface area (TPSA) is 82.7 Å². The van der Waals surface area contributed by atoms with Gasteiger partial charge in [-0.2, -0.15) is 0 Å². The first kappa shape index (κ1) is 13.7. The fourth-order valence-electron chi connectivity index (χ4n) is 1.31. The van der Waals surface area contributed by atoms with Crippen molar-refractivity contribution in [1.29, 1.82) is 0 Å².